The molecule has 1 atom stereocenters. The number of rotatable bonds is 10. The third-order valence-electron chi connectivity index (χ3n) is 6.36. The number of para-hydroxylation sites is 1. The van der Waals surface area contributed by atoms with Gasteiger partial charge in [0.15, 0.2) is 0 Å². The average molecular weight is 495 g/mol. The smallest absolute Gasteiger partial charge is 0.253 e. The highest BCUT2D eigenvalue weighted by Gasteiger charge is 2.35. The summed E-state index contributed by atoms with van der Waals surface area (Å²) in [7, 11) is 0. The van der Waals surface area contributed by atoms with E-state index < -0.39 is 5.92 Å². The second-order valence-electron chi connectivity index (χ2n) is 8.99. The van der Waals surface area contributed by atoms with Gasteiger partial charge >= 0.3 is 0 Å². The van der Waals surface area contributed by atoms with E-state index >= 15 is 0 Å². The van der Waals surface area contributed by atoms with Crippen molar-refractivity contribution in [2.75, 3.05) is 62.8 Å². The summed E-state index contributed by atoms with van der Waals surface area (Å²) in [6, 6.07) is 14.3. The largest absolute Gasteiger partial charge is 0.494 e. The first kappa shape index (κ1) is 25.7. The molecule has 3 amide bonds. The second-order valence-corrected chi connectivity index (χ2v) is 8.99. The maximum absolute atomic E-state index is 13.0. The van der Waals surface area contributed by atoms with Crippen LogP contribution < -0.4 is 20.3 Å². The first-order chi connectivity index (χ1) is 17.5. The average Bonchev–Trinajstić information content (AvgIpc) is 3.30. The van der Waals surface area contributed by atoms with Crippen LogP contribution >= 0.6 is 0 Å². The number of ether oxygens (including phenoxy) is 2. The summed E-state index contributed by atoms with van der Waals surface area (Å²) in [4.78, 5) is 42.4. The Hall–Kier alpha value is -3.43. The van der Waals surface area contributed by atoms with Crippen molar-refractivity contribution >= 4 is 29.1 Å². The normalized spacial score (nSPS) is 18.2. The molecule has 0 aliphatic carbocycles. The van der Waals surface area contributed by atoms with E-state index in [1.165, 1.54) is 0 Å². The van der Waals surface area contributed by atoms with E-state index in [1.54, 1.807) is 29.2 Å². The molecular formula is C27H34N4O5. The fraction of sp³-hybridized carbons (Fsp3) is 0.444. The lowest BCUT2D eigenvalue weighted by Gasteiger charge is -2.26. The third kappa shape index (κ3) is 6.61. The molecule has 0 radical (unpaired) electrons. The second kappa shape index (κ2) is 12.5. The molecule has 2 aromatic carbocycles. The summed E-state index contributed by atoms with van der Waals surface area (Å²) < 4.78 is 11.0. The van der Waals surface area contributed by atoms with E-state index in [1.807, 2.05) is 31.2 Å². The van der Waals surface area contributed by atoms with Gasteiger partial charge in [0.1, 0.15) is 5.75 Å². The highest BCUT2D eigenvalue weighted by molar-refractivity contribution is 6.07. The molecule has 192 valence electrons. The Kier molecular flexibility index (Phi) is 8.91. The fourth-order valence-electron chi connectivity index (χ4n) is 4.35. The number of morpholine rings is 1. The maximum Gasteiger partial charge on any atom is 0.253 e. The van der Waals surface area contributed by atoms with Gasteiger partial charge in [0.2, 0.25) is 11.8 Å². The number of anilines is 2. The minimum Gasteiger partial charge on any atom is -0.494 e. The van der Waals surface area contributed by atoms with Gasteiger partial charge in [-0.1, -0.05) is 19.1 Å². The first-order valence-electron chi connectivity index (χ1n) is 12.6. The predicted octanol–water partition coefficient (Wildman–Crippen LogP) is 2.53. The summed E-state index contributed by atoms with van der Waals surface area (Å²) in [5.74, 6) is -0.380. The van der Waals surface area contributed by atoms with Gasteiger partial charge in [0, 0.05) is 44.8 Å². The van der Waals surface area contributed by atoms with Gasteiger partial charge in [0.05, 0.1) is 37.0 Å². The monoisotopic (exact) mass is 494 g/mol. The highest BCUT2D eigenvalue weighted by Crippen LogP contribution is 2.28. The lowest BCUT2D eigenvalue weighted by atomic mass is 10.1. The van der Waals surface area contributed by atoms with E-state index in [0.717, 1.165) is 37.5 Å². The van der Waals surface area contributed by atoms with Gasteiger partial charge in [-0.05, 0) is 42.8 Å². The molecule has 2 fully saturated rings. The molecule has 0 bridgehead atoms. The Morgan fingerprint density at radius 3 is 2.58 bits per heavy atom. The molecule has 2 N–H and O–H groups in total. The Bertz CT molecular complexity index is 1050. The van der Waals surface area contributed by atoms with Gasteiger partial charge in [-0.25, -0.2) is 0 Å². The quantitative estimate of drug-likeness (QED) is 0.527. The minimum atomic E-state index is -0.508. The fourth-order valence-corrected chi connectivity index (χ4v) is 4.35. The van der Waals surface area contributed by atoms with E-state index in [4.69, 9.17) is 9.47 Å². The SMILES string of the molecule is CCCOc1ccc(N2C[C@@H](C(=O)Nc3ccccc3C(=O)NCCN3CCOCC3)CC2=O)cc1. The molecule has 2 aromatic rings. The molecule has 2 aliphatic rings. The van der Waals surface area contributed by atoms with Crippen LogP contribution in [0.4, 0.5) is 11.4 Å². The Balaban J connectivity index is 1.33. The lowest BCUT2D eigenvalue weighted by Crippen LogP contribution is -2.41. The lowest BCUT2D eigenvalue weighted by molar-refractivity contribution is -0.122. The van der Waals surface area contributed by atoms with E-state index in [9.17, 15) is 14.4 Å². The zero-order valence-corrected chi connectivity index (χ0v) is 20.7. The Morgan fingerprint density at radius 1 is 1.08 bits per heavy atom. The predicted molar refractivity (Wildman–Crippen MR) is 137 cm³/mol. The number of amides is 3. The molecule has 0 saturated carbocycles. The number of carbonyl (C=O) groups is 3. The van der Waals surface area contributed by atoms with E-state index in [0.29, 0.717) is 37.6 Å². The summed E-state index contributed by atoms with van der Waals surface area (Å²) in [6.07, 6.45) is 1.04. The highest BCUT2D eigenvalue weighted by atomic mass is 16.5. The molecule has 0 unspecified atom stereocenters. The number of nitrogens with zero attached hydrogens (tertiary/aromatic N) is 2. The van der Waals surface area contributed by atoms with Crippen LogP contribution in [-0.2, 0) is 14.3 Å². The number of hydrogen-bond acceptors (Lipinski definition) is 6. The number of carbonyl (C=O) groups excluding carboxylic acids is 3. The van der Waals surface area contributed by atoms with E-state index in [2.05, 4.69) is 15.5 Å². The molecule has 0 aromatic heterocycles. The van der Waals surface area contributed by atoms with Gasteiger partial charge in [-0.15, -0.1) is 0 Å². The van der Waals surface area contributed by atoms with Crippen molar-refractivity contribution in [3.05, 3.63) is 54.1 Å². The third-order valence-corrected chi connectivity index (χ3v) is 6.36. The number of hydrogen-bond donors (Lipinski definition) is 2. The van der Waals surface area contributed by atoms with Crippen molar-refractivity contribution in [3.63, 3.8) is 0 Å². The van der Waals surface area contributed by atoms with Gasteiger partial charge in [-0.3, -0.25) is 19.3 Å². The van der Waals surface area contributed by atoms with Gasteiger partial charge < -0.3 is 25.0 Å². The number of benzene rings is 2. The summed E-state index contributed by atoms with van der Waals surface area (Å²) in [5.41, 5.74) is 1.57. The van der Waals surface area contributed by atoms with Crippen LogP contribution in [0, 0.1) is 5.92 Å². The maximum atomic E-state index is 13.0. The molecule has 2 heterocycles. The Morgan fingerprint density at radius 2 is 1.83 bits per heavy atom. The first-order valence-corrected chi connectivity index (χ1v) is 12.6. The molecule has 9 nitrogen and oxygen atoms in total. The Labute approximate surface area is 211 Å². The van der Waals surface area contributed by atoms with Crippen LogP contribution in [0.5, 0.6) is 5.75 Å². The van der Waals surface area contributed by atoms with Crippen LogP contribution in [-0.4, -0.2) is 75.2 Å². The van der Waals surface area contributed by atoms with Gasteiger partial charge in [0.25, 0.3) is 5.91 Å². The number of nitrogens with one attached hydrogen (secondary N) is 2. The summed E-state index contributed by atoms with van der Waals surface area (Å²) >= 11 is 0. The molecule has 36 heavy (non-hydrogen) atoms. The zero-order chi connectivity index (χ0) is 25.3. The summed E-state index contributed by atoms with van der Waals surface area (Å²) in [5, 5.41) is 5.81. The molecule has 2 aliphatic heterocycles. The summed E-state index contributed by atoms with van der Waals surface area (Å²) in [6.45, 7) is 7.36. The van der Waals surface area contributed by atoms with Crippen molar-refractivity contribution < 1.29 is 23.9 Å². The van der Waals surface area contributed by atoms with Crippen molar-refractivity contribution in [2.24, 2.45) is 5.92 Å². The van der Waals surface area contributed by atoms with Crippen molar-refractivity contribution in [1.29, 1.82) is 0 Å². The zero-order valence-electron chi connectivity index (χ0n) is 20.7. The topological polar surface area (TPSA) is 100 Å². The van der Waals surface area contributed by atoms with Crippen molar-refractivity contribution in [1.82, 2.24) is 10.2 Å². The van der Waals surface area contributed by atoms with Crippen LogP contribution in [0.15, 0.2) is 48.5 Å². The molecule has 0 spiro atoms. The van der Waals surface area contributed by atoms with Gasteiger partial charge in [-0.2, -0.15) is 0 Å². The van der Waals surface area contributed by atoms with Crippen molar-refractivity contribution in [2.45, 2.75) is 19.8 Å². The van der Waals surface area contributed by atoms with Crippen LogP contribution in [0.3, 0.4) is 0 Å². The standard InChI is InChI=1S/C27H34N4O5/c1-2-15-36-22-9-7-21(8-10-22)31-19-20(18-25(31)32)26(33)29-24-6-4-3-5-23(24)27(34)28-11-12-30-13-16-35-17-14-30/h3-10,20H,2,11-19H2,1H3,(H,28,34)(H,29,33)/t20-/m0/s1. The molecule has 9 heteroatoms. The van der Waals surface area contributed by atoms with Crippen LogP contribution in [0.25, 0.3) is 0 Å². The molecule has 4 rings (SSSR count). The van der Waals surface area contributed by atoms with Crippen molar-refractivity contribution in [3.8, 4) is 5.75 Å². The van der Waals surface area contributed by atoms with E-state index in [-0.39, 0.29) is 30.7 Å². The minimum absolute atomic E-state index is 0.105. The van der Waals surface area contributed by atoms with Crippen LogP contribution in [0.2, 0.25) is 0 Å². The molecule has 2 saturated heterocycles. The van der Waals surface area contributed by atoms with Crippen LogP contribution in [0.1, 0.15) is 30.1 Å². The molecular weight excluding hydrogens is 460 g/mol.